The van der Waals surface area contributed by atoms with Gasteiger partial charge in [-0.05, 0) is 31.2 Å². The van der Waals surface area contributed by atoms with Crippen molar-refractivity contribution in [1.82, 2.24) is 10.2 Å². The molecule has 0 atom stereocenters. The average Bonchev–Trinajstić information content (AvgIpc) is 3.40. The van der Waals surface area contributed by atoms with E-state index in [9.17, 15) is 14.0 Å². The van der Waals surface area contributed by atoms with Gasteiger partial charge < -0.3 is 10.2 Å². The highest BCUT2D eigenvalue weighted by Crippen LogP contribution is 2.29. The largest absolute Gasteiger partial charge is 0.351 e. The second kappa shape index (κ2) is 7.32. The first-order valence-electron chi connectivity index (χ1n) is 8.88. The fourth-order valence-corrected chi connectivity index (χ4v) is 3.13. The Balaban J connectivity index is 1.40. The molecule has 0 spiro atoms. The number of halogens is 1. The Morgan fingerprint density at radius 2 is 1.83 bits per heavy atom. The molecule has 0 unspecified atom stereocenters. The number of alkyl halides is 1. The van der Waals surface area contributed by atoms with E-state index in [-0.39, 0.29) is 24.8 Å². The summed E-state index contributed by atoms with van der Waals surface area (Å²) in [6.07, 6.45) is 4.26. The molecule has 0 bridgehead atoms. The van der Waals surface area contributed by atoms with E-state index in [0.29, 0.717) is 19.5 Å². The summed E-state index contributed by atoms with van der Waals surface area (Å²) in [5.41, 5.74) is -0.577. The Kier molecular flexibility index (Phi) is 5.17. The number of nitrogens with one attached hydrogen (secondary N) is 1. The zero-order valence-electron chi connectivity index (χ0n) is 14.0. The first-order chi connectivity index (χ1) is 11.6. The molecule has 5 heteroatoms. The van der Waals surface area contributed by atoms with Crippen molar-refractivity contribution >= 4 is 11.8 Å². The second-order valence-corrected chi connectivity index (χ2v) is 6.93. The molecule has 130 valence electrons. The number of piperidine rings is 1. The Morgan fingerprint density at radius 3 is 2.46 bits per heavy atom. The maximum absolute atomic E-state index is 14.7. The van der Waals surface area contributed by atoms with Crippen molar-refractivity contribution in [3.05, 3.63) is 35.9 Å². The molecule has 1 saturated heterocycles. The molecule has 24 heavy (non-hydrogen) atoms. The predicted molar refractivity (Wildman–Crippen MR) is 90.2 cm³/mol. The summed E-state index contributed by atoms with van der Waals surface area (Å²) >= 11 is 0. The Labute approximate surface area is 142 Å². The number of aryl methyl sites for hydroxylation is 1. The quantitative estimate of drug-likeness (QED) is 0.870. The molecule has 0 aromatic heterocycles. The van der Waals surface area contributed by atoms with Gasteiger partial charge in [0.15, 0.2) is 5.67 Å². The minimum Gasteiger partial charge on any atom is -0.351 e. The maximum Gasteiger partial charge on any atom is 0.258 e. The topological polar surface area (TPSA) is 49.4 Å². The summed E-state index contributed by atoms with van der Waals surface area (Å²) in [5, 5.41) is 2.74. The smallest absolute Gasteiger partial charge is 0.258 e. The van der Waals surface area contributed by atoms with Crippen LogP contribution < -0.4 is 5.32 Å². The van der Waals surface area contributed by atoms with Crippen molar-refractivity contribution in [2.24, 2.45) is 0 Å². The molecule has 1 N–H and O–H groups in total. The molecule has 0 radical (unpaired) electrons. The van der Waals surface area contributed by atoms with E-state index < -0.39 is 11.6 Å². The summed E-state index contributed by atoms with van der Waals surface area (Å²) in [6.45, 7) is 0.664. The number of nitrogens with zero attached hydrogens (tertiary/aromatic N) is 1. The molecule has 1 aliphatic heterocycles. The number of hydrogen-bond acceptors (Lipinski definition) is 2. The summed E-state index contributed by atoms with van der Waals surface area (Å²) in [4.78, 5) is 25.9. The van der Waals surface area contributed by atoms with E-state index in [0.717, 1.165) is 25.7 Å². The molecule has 1 saturated carbocycles. The SMILES string of the molecule is O=C(CCCc1ccccc1)N1CCC(F)(C(=O)NC2CC2)CC1. The van der Waals surface area contributed by atoms with Gasteiger partial charge in [-0.1, -0.05) is 30.3 Å². The van der Waals surface area contributed by atoms with Crippen LogP contribution in [0, 0.1) is 0 Å². The van der Waals surface area contributed by atoms with Crippen molar-refractivity contribution in [2.75, 3.05) is 13.1 Å². The Bertz CT molecular complexity index is 578. The molecule has 1 aliphatic carbocycles. The van der Waals surface area contributed by atoms with Gasteiger partial charge >= 0.3 is 0 Å². The summed E-state index contributed by atoms with van der Waals surface area (Å²) in [5.74, 6) is -0.420. The molecule has 1 aromatic rings. The maximum atomic E-state index is 14.7. The van der Waals surface area contributed by atoms with Gasteiger partial charge in [-0.3, -0.25) is 9.59 Å². The van der Waals surface area contributed by atoms with Crippen LogP contribution in [-0.4, -0.2) is 41.5 Å². The number of benzene rings is 1. The van der Waals surface area contributed by atoms with Crippen LogP contribution in [0.5, 0.6) is 0 Å². The molecule has 4 nitrogen and oxygen atoms in total. The molecule has 1 aromatic carbocycles. The van der Waals surface area contributed by atoms with Crippen LogP contribution in [0.4, 0.5) is 4.39 Å². The zero-order chi connectivity index (χ0) is 17.0. The Morgan fingerprint density at radius 1 is 1.17 bits per heavy atom. The molecule has 1 heterocycles. The van der Waals surface area contributed by atoms with Gasteiger partial charge in [0.25, 0.3) is 5.91 Å². The lowest BCUT2D eigenvalue weighted by atomic mass is 9.92. The minimum atomic E-state index is -1.80. The van der Waals surface area contributed by atoms with Crippen molar-refractivity contribution in [2.45, 2.75) is 56.7 Å². The lowest BCUT2D eigenvalue weighted by Gasteiger charge is -2.35. The van der Waals surface area contributed by atoms with Crippen LogP contribution in [0.1, 0.15) is 44.1 Å². The highest BCUT2D eigenvalue weighted by Gasteiger charge is 2.44. The van der Waals surface area contributed by atoms with E-state index in [4.69, 9.17) is 0 Å². The third-order valence-corrected chi connectivity index (χ3v) is 4.93. The molecular formula is C19H25FN2O2. The number of rotatable bonds is 6. The van der Waals surface area contributed by atoms with Crippen LogP contribution in [0.15, 0.2) is 30.3 Å². The van der Waals surface area contributed by atoms with Gasteiger partial charge in [-0.25, -0.2) is 4.39 Å². The second-order valence-electron chi connectivity index (χ2n) is 6.93. The van der Waals surface area contributed by atoms with Gasteiger partial charge in [0, 0.05) is 38.4 Å². The van der Waals surface area contributed by atoms with Crippen LogP contribution in [-0.2, 0) is 16.0 Å². The number of hydrogen-bond donors (Lipinski definition) is 1. The number of likely N-dealkylation sites (tertiary alicyclic amines) is 1. The molecule has 2 fully saturated rings. The normalized spacial score (nSPS) is 19.8. The highest BCUT2D eigenvalue weighted by molar-refractivity contribution is 5.86. The highest BCUT2D eigenvalue weighted by atomic mass is 19.1. The van der Waals surface area contributed by atoms with E-state index in [1.54, 1.807) is 4.90 Å². The fraction of sp³-hybridized carbons (Fsp3) is 0.579. The van der Waals surface area contributed by atoms with Gasteiger partial charge in [-0.15, -0.1) is 0 Å². The van der Waals surface area contributed by atoms with E-state index >= 15 is 0 Å². The number of carbonyl (C=O) groups excluding carboxylic acids is 2. The fourth-order valence-electron chi connectivity index (χ4n) is 3.13. The van der Waals surface area contributed by atoms with Crippen LogP contribution in [0.25, 0.3) is 0 Å². The van der Waals surface area contributed by atoms with Gasteiger partial charge in [0.2, 0.25) is 5.91 Å². The van der Waals surface area contributed by atoms with Crippen LogP contribution in [0.3, 0.4) is 0 Å². The van der Waals surface area contributed by atoms with Crippen LogP contribution in [0.2, 0.25) is 0 Å². The van der Waals surface area contributed by atoms with E-state index in [1.807, 2.05) is 18.2 Å². The average molecular weight is 332 g/mol. The summed E-state index contributed by atoms with van der Waals surface area (Å²) in [7, 11) is 0. The van der Waals surface area contributed by atoms with Crippen molar-refractivity contribution in [3.8, 4) is 0 Å². The van der Waals surface area contributed by atoms with E-state index in [1.165, 1.54) is 5.56 Å². The van der Waals surface area contributed by atoms with Crippen LogP contribution >= 0.6 is 0 Å². The van der Waals surface area contributed by atoms with E-state index in [2.05, 4.69) is 17.4 Å². The third kappa shape index (κ3) is 4.34. The number of amides is 2. The predicted octanol–water partition coefficient (Wildman–Crippen LogP) is 2.62. The molecule has 2 aliphatic rings. The molecular weight excluding hydrogens is 307 g/mol. The van der Waals surface area contributed by atoms with Gasteiger partial charge in [-0.2, -0.15) is 0 Å². The molecule has 2 amide bonds. The minimum absolute atomic E-state index is 0.0654. The van der Waals surface area contributed by atoms with Crippen molar-refractivity contribution < 1.29 is 14.0 Å². The first-order valence-corrected chi connectivity index (χ1v) is 8.88. The Hall–Kier alpha value is -1.91. The summed E-state index contributed by atoms with van der Waals surface area (Å²) < 4.78 is 14.7. The van der Waals surface area contributed by atoms with Gasteiger partial charge in [0.05, 0.1) is 0 Å². The molecule has 3 rings (SSSR count). The number of carbonyl (C=O) groups is 2. The van der Waals surface area contributed by atoms with Crippen molar-refractivity contribution in [3.63, 3.8) is 0 Å². The third-order valence-electron chi connectivity index (χ3n) is 4.93. The zero-order valence-corrected chi connectivity index (χ0v) is 14.0. The first kappa shape index (κ1) is 16.9. The van der Waals surface area contributed by atoms with Crippen molar-refractivity contribution in [1.29, 1.82) is 0 Å². The lowest BCUT2D eigenvalue weighted by Crippen LogP contribution is -2.52. The lowest BCUT2D eigenvalue weighted by molar-refractivity contribution is -0.142. The van der Waals surface area contributed by atoms with Gasteiger partial charge in [0.1, 0.15) is 0 Å². The monoisotopic (exact) mass is 332 g/mol. The standard InChI is InChI=1S/C19H25FN2O2/c20-19(18(24)21-16-9-10-16)11-13-22(14-12-19)17(23)8-4-7-15-5-2-1-3-6-15/h1-3,5-6,16H,4,7-14H2,(H,21,24). The summed E-state index contributed by atoms with van der Waals surface area (Å²) in [6, 6.07) is 10.3.